The molecule has 2 rings (SSSR count). The lowest BCUT2D eigenvalue weighted by Gasteiger charge is -2.20. The van der Waals surface area contributed by atoms with Gasteiger partial charge in [-0.25, -0.2) is 14.4 Å². The van der Waals surface area contributed by atoms with Crippen molar-refractivity contribution in [3.05, 3.63) is 41.0 Å². The summed E-state index contributed by atoms with van der Waals surface area (Å²) in [5.41, 5.74) is 4.65. The molecule has 130 valence electrons. The van der Waals surface area contributed by atoms with Crippen molar-refractivity contribution in [2.24, 2.45) is 0 Å². The number of anilines is 1. The average Bonchev–Trinajstić information content (AvgIpc) is 2.59. The second-order valence-electron chi connectivity index (χ2n) is 6.14. The summed E-state index contributed by atoms with van der Waals surface area (Å²) in [6, 6.07) is 5.26. The smallest absolute Gasteiger partial charge is 0.148 e. The lowest BCUT2D eigenvalue weighted by atomic mass is 10.0. The van der Waals surface area contributed by atoms with Crippen molar-refractivity contribution in [2.75, 3.05) is 5.32 Å². The first-order valence-electron chi connectivity index (χ1n) is 8.96. The normalized spacial score (nSPS) is 11.1. The first-order chi connectivity index (χ1) is 11.5. The second-order valence-corrected chi connectivity index (χ2v) is 6.14. The van der Waals surface area contributed by atoms with Gasteiger partial charge in [-0.15, -0.1) is 0 Å². The summed E-state index contributed by atoms with van der Waals surface area (Å²) in [6.07, 6.45) is 3.72. The highest BCUT2D eigenvalue weighted by molar-refractivity contribution is 5.67. The van der Waals surface area contributed by atoms with Crippen LogP contribution in [0.25, 0.3) is 11.3 Å². The first kappa shape index (κ1) is 18.4. The van der Waals surface area contributed by atoms with Gasteiger partial charge in [0.05, 0.1) is 17.1 Å². The first-order valence-corrected chi connectivity index (χ1v) is 8.96. The number of hydrogen-bond donors (Lipinski definition) is 1. The van der Waals surface area contributed by atoms with Crippen molar-refractivity contribution in [3.63, 3.8) is 0 Å². The molecule has 3 nitrogen and oxygen atoms in total. The van der Waals surface area contributed by atoms with E-state index in [0.717, 1.165) is 59.7 Å². The molecule has 0 bridgehead atoms. The van der Waals surface area contributed by atoms with Crippen LogP contribution in [0.2, 0.25) is 0 Å². The molecule has 1 heterocycles. The van der Waals surface area contributed by atoms with Crippen molar-refractivity contribution in [2.45, 2.75) is 66.3 Å². The van der Waals surface area contributed by atoms with E-state index in [-0.39, 0.29) is 5.82 Å². The summed E-state index contributed by atoms with van der Waals surface area (Å²) in [5.74, 6) is 0.677. The SMILES string of the molecule is CCc1nc(-c2ccc(F)cc2C)c(CC)nc1NC(CC)CC. The molecule has 0 spiro atoms. The molecule has 1 N–H and O–H groups in total. The fourth-order valence-corrected chi connectivity index (χ4v) is 2.91. The van der Waals surface area contributed by atoms with Gasteiger partial charge >= 0.3 is 0 Å². The molecule has 0 amide bonds. The number of aryl methyl sites for hydroxylation is 3. The molecular weight excluding hydrogens is 301 g/mol. The van der Waals surface area contributed by atoms with Gasteiger partial charge in [0.1, 0.15) is 11.6 Å². The summed E-state index contributed by atoms with van der Waals surface area (Å²) in [5, 5.41) is 3.54. The van der Waals surface area contributed by atoms with E-state index >= 15 is 0 Å². The molecular formula is C20H28FN3. The Morgan fingerprint density at radius 1 is 1.00 bits per heavy atom. The molecule has 0 saturated carbocycles. The highest BCUT2D eigenvalue weighted by Gasteiger charge is 2.16. The zero-order valence-corrected chi connectivity index (χ0v) is 15.4. The minimum Gasteiger partial charge on any atom is -0.366 e. The number of aromatic nitrogens is 2. The van der Waals surface area contributed by atoms with E-state index in [1.165, 1.54) is 6.07 Å². The van der Waals surface area contributed by atoms with Crippen LogP contribution in [-0.2, 0) is 12.8 Å². The molecule has 0 fully saturated rings. The van der Waals surface area contributed by atoms with Gasteiger partial charge in [0.25, 0.3) is 0 Å². The van der Waals surface area contributed by atoms with Crippen molar-refractivity contribution >= 4 is 5.82 Å². The molecule has 0 atom stereocenters. The Morgan fingerprint density at radius 2 is 1.67 bits per heavy atom. The fraction of sp³-hybridized carbons (Fsp3) is 0.500. The molecule has 4 heteroatoms. The second kappa shape index (κ2) is 8.22. The minimum absolute atomic E-state index is 0.218. The number of benzene rings is 1. The topological polar surface area (TPSA) is 37.8 Å². The maximum absolute atomic E-state index is 13.4. The van der Waals surface area contributed by atoms with Gasteiger partial charge < -0.3 is 5.32 Å². The Hall–Kier alpha value is -1.97. The van der Waals surface area contributed by atoms with Crippen LogP contribution in [0.15, 0.2) is 18.2 Å². The third-order valence-corrected chi connectivity index (χ3v) is 4.48. The van der Waals surface area contributed by atoms with Crippen molar-refractivity contribution in [3.8, 4) is 11.3 Å². The molecule has 1 aromatic carbocycles. The highest BCUT2D eigenvalue weighted by atomic mass is 19.1. The van der Waals surface area contributed by atoms with Gasteiger partial charge in [-0.3, -0.25) is 0 Å². The number of nitrogens with one attached hydrogen (secondary N) is 1. The zero-order valence-electron chi connectivity index (χ0n) is 15.4. The average molecular weight is 329 g/mol. The summed E-state index contributed by atoms with van der Waals surface area (Å²) in [7, 11) is 0. The molecule has 0 aliphatic rings. The Balaban J connectivity index is 2.53. The lowest BCUT2D eigenvalue weighted by molar-refractivity contribution is 0.627. The lowest BCUT2D eigenvalue weighted by Crippen LogP contribution is -2.20. The predicted octanol–water partition coefficient (Wildman–Crippen LogP) is 5.32. The van der Waals surface area contributed by atoms with Crippen LogP contribution >= 0.6 is 0 Å². The monoisotopic (exact) mass is 329 g/mol. The largest absolute Gasteiger partial charge is 0.366 e. The number of nitrogens with zero attached hydrogens (tertiary/aromatic N) is 2. The van der Waals surface area contributed by atoms with E-state index in [1.807, 2.05) is 6.92 Å². The van der Waals surface area contributed by atoms with Crippen LogP contribution < -0.4 is 5.32 Å². The molecule has 0 saturated heterocycles. The maximum atomic E-state index is 13.4. The van der Waals surface area contributed by atoms with Gasteiger partial charge in [-0.2, -0.15) is 0 Å². The fourth-order valence-electron chi connectivity index (χ4n) is 2.91. The Morgan fingerprint density at radius 3 is 2.21 bits per heavy atom. The molecule has 0 aliphatic heterocycles. The van der Waals surface area contributed by atoms with Gasteiger partial charge in [-0.05, 0) is 56.4 Å². The number of hydrogen-bond acceptors (Lipinski definition) is 3. The van der Waals surface area contributed by atoms with Crippen LogP contribution in [0.3, 0.4) is 0 Å². The van der Waals surface area contributed by atoms with E-state index in [1.54, 1.807) is 12.1 Å². The molecule has 0 aliphatic carbocycles. The summed E-state index contributed by atoms with van der Waals surface area (Å²) in [4.78, 5) is 9.77. The van der Waals surface area contributed by atoms with E-state index in [2.05, 4.69) is 33.0 Å². The van der Waals surface area contributed by atoms with Crippen molar-refractivity contribution < 1.29 is 4.39 Å². The Labute approximate surface area is 144 Å². The molecule has 24 heavy (non-hydrogen) atoms. The van der Waals surface area contributed by atoms with Gasteiger partial charge in [0.2, 0.25) is 0 Å². The third-order valence-electron chi connectivity index (χ3n) is 4.48. The van der Waals surface area contributed by atoms with E-state index in [0.29, 0.717) is 6.04 Å². The van der Waals surface area contributed by atoms with Gasteiger partial charge in [0, 0.05) is 11.6 Å². The predicted molar refractivity (Wildman–Crippen MR) is 98.9 cm³/mol. The maximum Gasteiger partial charge on any atom is 0.148 e. The van der Waals surface area contributed by atoms with Crippen LogP contribution in [0.1, 0.15) is 57.5 Å². The van der Waals surface area contributed by atoms with Gasteiger partial charge in [-0.1, -0.05) is 27.7 Å². The molecule has 0 radical (unpaired) electrons. The van der Waals surface area contributed by atoms with E-state index in [4.69, 9.17) is 9.97 Å². The van der Waals surface area contributed by atoms with Gasteiger partial charge in [0.15, 0.2) is 0 Å². The summed E-state index contributed by atoms with van der Waals surface area (Å²) < 4.78 is 13.4. The van der Waals surface area contributed by atoms with Crippen LogP contribution in [0, 0.1) is 12.7 Å². The third kappa shape index (κ3) is 3.92. The van der Waals surface area contributed by atoms with Crippen LogP contribution in [0.4, 0.5) is 10.2 Å². The Bertz CT molecular complexity index is 694. The summed E-state index contributed by atoms with van der Waals surface area (Å²) >= 11 is 0. The number of halogens is 1. The molecule has 0 unspecified atom stereocenters. The van der Waals surface area contributed by atoms with Crippen molar-refractivity contribution in [1.29, 1.82) is 0 Å². The minimum atomic E-state index is -0.218. The van der Waals surface area contributed by atoms with Crippen molar-refractivity contribution in [1.82, 2.24) is 9.97 Å². The van der Waals surface area contributed by atoms with E-state index in [9.17, 15) is 4.39 Å². The number of rotatable bonds is 7. The van der Waals surface area contributed by atoms with Crippen LogP contribution in [0.5, 0.6) is 0 Å². The molecule has 2 aromatic rings. The van der Waals surface area contributed by atoms with Crippen LogP contribution in [-0.4, -0.2) is 16.0 Å². The standard InChI is InChI=1S/C20H28FN3/c1-6-15(7-2)22-20-18(9-4)23-19(17(8-3)24-20)16-11-10-14(21)12-13(16)5/h10-12,15H,6-9H2,1-5H3,(H,22,24). The summed E-state index contributed by atoms with van der Waals surface area (Å²) in [6.45, 7) is 10.4. The van der Waals surface area contributed by atoms with E-state index < -0.39 is 0 Å². The molecule has 1 aromatic heterocycles. The quantitative estimate of drug-likeness (QED) is 0.747. The highest BCUT2D eigenvalue weighted by Crippen LogP contribution is 2.28. The Kier molecular flexibility index (Phi) is 6.29. The zero-order chi connectivity index (χ0) is 17.7.